The number of aliphatic hydroxyl groups is 1. The van der Waals surface area contributed by atoms with E-state index in [4.69, 9.17) is 22.1 Å². The second kappa shape index (κ2) is 11.5. The summed E-state index contributed by atoms with van der Waals surface area (Å²) in [5, 5.41) is 16.9. The average Bonchev–Trinajstić information content (AvgIpc) is 2.74. The van der Waals surface area contributed by atoms with Crippen molar-refractivity contribution in [2.45, 2.75) is 47.0 Å². The van der Waals surface area contributed by atoms with E-state index in [0.717, 1.165) is 64.0 Å². The Labute approximate surface area is 183 Å². The van der Waals surface area contributed by atoms with Crippen molar-refractivity contribution in [3.8, 4) is 11.4 Å². The van der Waals surface area contributed by atoms with Gasteiger partial charge in [-0.15, -0.1) is 0 Å². The van der Waals surface area contributed by atoms with Gasteiger partial charge in [-0.05, 0) is 75.9 Å². The molecule has 158 valence electrons. The lowest BCUT2D eigenvalue weighted by molar-refractivity contribution is 0.288. The monoisotopic (exact) mass is 424 g/mol. The molecule has 0 spiro atoms. The number of nitrogens with one attached hydrogen (secondary N) is 1. The highest BCUT2D eigenvalue weighted by molar-refractivity contribution is 6.31. The molecule has 0 saturated carbocycles. The van der Waals surface area contributed by atoms with E-state index >= 15 is 0 Å². The molecule has 6 heteroatoms. The van der Waals surface area contributed by atoms with Crippen LogP contribution in [0.2, 0.25) is 5.02 Å². The van der Waals surface area contributed by atoms with Crippen molar-refractivity contribution in [2.75, 3.05) is 6.61 Å². The predicted molar refractivity (Wildman–Crippen MR) is 123 cm³/mol. The molecular weight excluding hydrogens is 396 g/mol. The molecule has 0 fully saturated rings. The molecule has 3 aromatic rings. The summed E-state index contributed by atoms with van der Waals surface area (Å²) in [5.74, 6) is 0. The van der Waals surface area contributed by atoms with Crippen molar-refractivity contribution in [2.24, 2.45) is 0 Å². The van der Waals surface area contributed by atoms with Gasteiger partial charge in [-0.3, -0.25) is 15.0 Å². The predicted octanol–water partition coefficient (Wildman–Crippen LogP) is 5.37. The molecule has 2 N–H and O–H groups in total. The van der Waals surface area contributed by atoms with E-state index in [-0.39, 0.29) is 6.61 Å². The molecule has 5 nitrogen and oxygen atoms in total. The first kappa shape index (κ1) is 23.6. The first-order chi connectivity index (χ1) is 14.3. The smallest absolute Gasteiger partial charge is 0.0933 e. The average molecular weight is 425 g/mol. The van der Waals surface area contributed by atoms with Crippen molar-refractivity contribution in [3.63, 3.8) is 0 Å². The summed E-state index contributed by atoms with van der Waals surface area (Å²) >= 11 is 6.27. The number of aryl methyl sites for hydroxylation is 3. The summed E-state index contributed by atoms with van der Waals surface area (Å²) in [6, 6.07) is 13.5. The highest BCUT2D eigenvalue weighted by atomic mass is 35.5. The lowest BCUT2D eigenvalue weighted by atomic mass is 10.1. The fourth-order valence-electron chi connectivity index (χ4n) is 2.82. The maximum absolute atomic E-state index is 8.91. The Morgan fingerprint density at radius 2 is 1.77 bits per heavy atom. The van der Waals surface area contributed by atoms with E-state index in [0.29, 0.717) is 5.71 Å². The minimum atomic E-state index is 0.181. The second-order valence-electron chi connectivity index (χ2n) is 7.05. The SMILES string of the molecule is CC(=N)c1cccc(C)n1.CCc1cc(Cl)c(C)c(-c2cccc(CCCO)n2)n1. The Kier molecular flexibility index (Phi) is 9.09. The molecule has 3 aromatic heterocycles. The summed E-state index contributed by atoms with van der Waals surface area (Å²) in [7, 11) is 0. The van der Waals surface area contributed by atoms with Gasteiger partial charge in [-0.1, -0.05) is 30.7 Å². The number of halogens is 1. The fourth-order valence-corrected chi connectivity index (χ4v) is 3.04. The van der Waals surface area contributed by atoms with Crippen LogP contribution < -0.4 is 0 Å². The van der Waals surface area contributed by atoms with Crippen molar-refractivity contribution >= 4 is 17.3 Å². The molecule has 0 aromatic carbocycles. The van der Waals surface area contributed by atoms with Crippen molar-refractivity contribution in [1.82, 2.24) is 15.0 Å². The summed E-state index contributed by atoms with van der Waals surface area (Å²) in [4.78, 5) is 13.4. The molecule has 0 unspecified atom stereocenters. The van der Waals surface area contributed by atoms with Gasteiger partial charge in [0.15, 0.2) is 0 Å². The van der Waals surface area contributed by atoms with Crippen LogP contribution in [0.5, 0.6) is 0 Å². The van der Waals surface area contributed by atoms with Crippen LogP contribution in [0.25, 0.3) is 11.4 Å². The minimum Gasteiger partial charge on any atom is -0.396 e. The lowest BCUT2D eigenvalue weighted by Gasteiger charge is -2.10. The normalized spacial score (nSPS) is 10.3. The van der Waals surface area contributed by atoms with Gasteiger partial charge in [0.2, 0.25) is 0 Å². The van der Waals surface area contributed by atoms with Crippen LogP contribution in [0.4, 0.5) is 0 Å². The lowest BCUT2D eigenvalue weighted by Crippen LogP contribution is -1.99. The standard InChI is InChI=1S/C16H19ClN2O.C8H10N2/c1-3-12-10-14(17)11(2)16(19-12)15-8-4-6-13(18-15)7-5-9-20;1-6-4-3-5-8(10-6)7(2)9/h4,6,8,10,20H,3,5,7,9H2,1-2H3;3-5,9H,1-2H3. The number of aromatic nitrogens is 3. The summed E-state index contributed by atoms with van der Waals surface area (Å²) in [6.07, 6.45) is 2.33. The molecule has 0 radical (unpaired) electrons. The molecule has 0 aliphatic carbocycles. The van der Waals surface area contributed by atoms with E-state index in [1.54, 1.807) is 6.92 Å². The molecule has 0 saturated heterocycles. The molecule has 0 amide bonds. The van der Waals surface area contributed by atoms with E-state index in [1.165, 1.54) is 0 Å². The quantitative estimate of drug-likeness (QED) is 0.521. The van der Waals surface area contributed by atoms with E-state index < -0.39 is 0 Å². The van der Waals surface area contributed by atoms with Gasteiger partial charge in [0.25, 0.3) is 0 Å². The van der Waals surface area contributed by atoms with E-state index in [1.807, 2.05) is 56.3 Å². The third-order valence-corrected chi connectivity index (χ3v) is 4.93. The second-order valence-corrected chi connectivity index (χ2v) is 7.46. The fraction of sp³-hybridized carbons (Fsp3) is 0.333. The van der Waals surface area contributed by atoms with Gasteiger partial charge >= 0.3 is 0 Å². The zero-order valence-corrected chi connectivity index (χ0v) is 18.8. The van der Waals surface area contributed by atoms with Crippen molar-refractivity contribution < 1.29 is 5.11 Å². The Bertz CT molecular complexity index is 1000. The molecule has 0 aliphatic rings. The van der Waals surface area contributed by atoms with Gasteiger partial charge in [-0.25, -0.2) is 0 Å². The summed E-state index contributed by atoms with van der Waals surface area (Å²) in [5.41, 5.74) is 6.83. The molecule has 0 bridgehead atoms. The van der Waals surface area contributed by atoms with Gasteiger partial charge in [0.05, 0.1) is 22.8 Å². The zero-order chi connectivity index (χ0) is 22.1. The molecule has 0 aliphatic heterocycles. The largest absolute Gasteiger partial charge is 0.396 e. The summed E-state index contributed by atoms with van der Waals surface area (Å²) < 4.78 is 0. The highest BCUT2D eigenvalue weighted by Crippen LogP contribution is 2.26. The Hall–Kier alpha value is -2.63. The van der Waals surface area contributed by atoms with Gasteiger partial charge in [-0.2, -0.15) is 0 Å². The van der Waals surface area contributed by atoms with E-state index in [9.17, 15) is 0 Å². The zero-order valence-electron chi connectivity index (χ0n) is 18.0. The molecule has 3 heterocycles. The van der Waals surface area contributed by atoms with Crippen molar-refractivity contribution in [3.05, 3.63) is 75.8 Å². The maximum atomic E-state index is 8.91. The molecule has 3 rings (SSSR count). The Morgan fingerprint density at radius 1 is 1.03 bits per heavy atom. The first-order valence-corrected chi connectivity index (χ1v) is 10.5. The van der Waals surface area contributed by atoms with Crippen molar-refractivity contribution in [1.29, 1.82) is 5.41 Å². The van der Waals surface area contributed by atoms with Crippen LogP contribution in [0.1, 0.15) is 48.6 Å². The number of hydrogen-bond donors (Lipinski definition) is 2. The van der Waals surface area contributed by atoms with Crippen LogP contribution in [-0.4, -0.2) is 32.4 Å². The third kappa shape index (κ3) is 6.71. The van der Waals surface area contributed by atoms with Gasteiger partial charge < -0.3 is 10.5 Å². The van der Waals surface area contributed by atoms with E-state index in [2.05, 4.69) is 21.9 Å². The Balaban J connectivity index is 0.000000269. The number of hydrogen-bond acceptors (Lipinski definition) is 5. The van der Waals surface area contributed by atoms with Gasteiger partial charge in [0, 0.05) is 28.7 Å². The number of nitrogens with zero attached hydrogens (tertiary/aromatic N) is 3. The molecule has 0 atom stereocenters. The minimum absolute atomic E-state index is 0.181. The van der Waals surface area contributed by atoms with Gasteiger partial charge in [0.1, 0.15) is 0 Å². The number of rotatable bonds is 6. The van der Waals surface area contributed by atoms with Crippen LogP contribution in [0.15, 0.2) is 42.5 Å². The topological polar surface area (TPSA) is 82.8 Å². The number of aliphatic hydroxyl groups excluding tert-OH is 1. The molecular formula is C24H29ClN4O. The van der Waals surface area contributed by atoms with Crippen LogP contribution in [0.3, 0.4) is 0 Å². The van der Waals surface area contributed by atoms with Crippen LogP contribution in [-0.2, 0) is 12.8 Å². The highest BCUT2D eigenvalue weighted by Gasteiger charge is 2.11. The Morgan fingerprint density at radius 3 is 2.37 bits per heavy atom. The maximum Gasteiger partial charge on any atom is 0.0933 e. The molecule has 30 heavy (non-hydrogen) atoms. The number of pyridine rings is 3. The van der Waals surface area contributed by atoms with Crippen LogP contribution in [0, 0.1) is 19.3 Å². The summed E-state index contributed by atoms with van der Waals surface area (Å²) in [6.45, 7) is 7.86. The van der Waals surface area contributed by atoms with Crippen LogP contribution >= 0.6 is 11.6 Å². The first-order valence-electron chi connectivity index (χ1n) is 10.1. The third-order valence-electron chi connectivity index (χ3n) is 4.54.